The molecule has 3 aromatic rings. The van der Waals surface area contributed by atoms with Crippen molar-refractivity contribution in [3.05, 3.63) is 64.3 Å². The lowest BCUT2D eigenvalue weighted by Gasteiger charge is -2.25. The zero-order chi connectivity index (χ0) is 22.8. The van der Waals surface area contributed by atoms with E-state index in [2.05, 4.69) is 63.5 Å². The van der Waals surface area contributed by atoms with Crippen molar-refractivity contribution in [2.45, 2.75) is 60.4 Å². The number of methoxy groups -OCH3 is 1. The summed E-state index contributed by atoms with van der Waals surface area (Å²) in [4.78, 5) is 0. The van der Waals surface area contributed by atoms with E-state index in [0.29, 0.717) is 0 Å². The predicted molar refractivity (Wildman–Crippen MR) is 131 cm³/mol. The van der Waals surface area contributed by atoms with E-state index >= 15 is 0 Å². The largest absolute Gasteiger partial charge is 0.497 e. The highest BCUT2D eigenvalue weighted by molar-refractivity contribution is 6.30. The Morgan fingerprint density at radius 2 is 1.68 bits per heavy atom. The molecule has 0 saturated carbocycles. The monoisotopic (exact) mass is 441 g/mol. The van der Waals surface area contributed by atoms with Crippen LogP contribution in [-0.2, 0) is 19.4 Å². The molecule has 1 N–H and O–H groups in total. The van der Waals surface area contributed by atoms with Crippen LogP contribution in [0.2, 0.25) is 5.02 Å². The Hall–Kier alpha value is -1.97. The SMILES string of the molecule is COc1ccc2c(c1)c(CCC(C)(C)C)c(CC(C)(C)CO)n2Cc1ccc(Cl)cc1. The summed E-state index contributed by atoms with van der Waals surface area (Å²) < 4.78 is 7.99. The molecular formula is C27H36ClNO2. The number of hydrogen-bond acceptors (Lipinski definition) is 2. The molecule has 4 heteroatoms. The van der Waals surface area contributed by atoms with E-state index in [1.54, 1.807) is 7.11 Å². The van der Waals surface area contributed by atoms with Gasteiger partial charge < -0.3 is 14.4 Å². The van der Waals surface area contributed by atoms with Crippen LogP contribution in [0.15, 0.2) is 42.5 Å². The third kappa shape index (κ3) is 5.84. The molecule has 3 rings (SSSR count). The predicted octanol–water partition coefficient (Wildman–Crippen LogP) is 6.89. The molecule has 31 heavy (non-hydrogen) atoms. The normalized spacial score (nSPS) is 12.5. The van der Waals surface area contributed by atoms with Gasteiger partial charge in [0.15, 0.2) is 0 Å². The number of nitrogens with zero attached hydrogens (tertiary/aromatic N) is 1. The lowest BCUT2D eigenvalue weighted by Crippen LogP contribution is -2.23. The standard InChI is InChI=1S/C27H36ClNO2/c1-26(2,3)14-13-22-23-15-21(31-6)11-12-24(23)29(25(22)16-27(4,5)18-30)17-19-7-9-20(28)10-8-19/h7-12,15,30H,13-14,16-18H2,1-6H3. The van der Waals surface area contributed by atoms with Crippen molar-refractivity contribution in [1.82, 2.24) is 4.57 Å². The zero-order valence-corrected chi connectivity index (χ0v) is 20.5. The summed E-state index contributed by atoms with van der Waals surface area (Å²) in [6.45, 7) is 12.0. The summed E-state index contributed by atoms with van der Waals surface area (Å²) in [5, 5.41) is 12.0. The van der Waals surface area contributed by atoms with Gasteiger partial charge in [0.1, 0.15) is 5.75 Å². The van der Waals surface area contributed by atoms with Gasteiger partial charge in [0, 0.05) is 34.8 Å². The van der Waals surface area contributed by atoms with Gasteiger partial charge >= 0.3 is 0 Å². The fourth-order valence-electron chi connectivity index (χ4n) is 4.03. The van der Waals surface area contributed by atoms with E-state index in [1.807, 2.05) is 18.2 Å². The molecule has 3 nitrogen and oxygen atoms in total. The summed E-state index contributed by atoms with van der Waals surface area (Å²) in [6, 6.07) is 14.4. The number of hydrogen-bond donors (Lipinski definition) is 1. The second-order valence-corrected chi connectivity index (χ2v) is 11.0. The van der Waals surface area contributed by atoms with Crippen molar-refractivity contribution in [3.63, 3.8) is 0 Å². The van der Waals surface area contributed by atoms with E-state index in [-0.39, 0.29) is 17.4 Å². The molecule has 0 bridgehead atoms. The van der Waals surface area contributed by atoms with Crippen molar-refractivity contribution >= 4 is 22.5 Å². The molecule has 0 spiro atoms. The van der Waals surface area contributed by atoms with Crippen LogP contribution < -0.4 is 4.74 Å². The Kier molecular flexibility index (Phi) is 7.08. The lowest BCUT2D eigenvalue weighted by molar-refractivity contribution is 0.157. The number of halogens is 1. The number of aromatic nitrogens is 1. The van der Waals surface area contributed by atoms with Crippen molar-refractivity contribution < 1.29 is 9.84 Å². The first kappa shape index (κ1) is 23.7. The summed E-state index contributed by atoms with van der Waals surface area (Å²) in [5.41, 5.74) is 5.15. The number of fused-ring (bicyclic) bond motifs is 1. The molecule has 1 heterocycles. The molecule has 1 aromatic heterocycles. The van der Waals surface area contributed by atoms with Crippen LogP contribution in [0.3, 0.4) is 0 Å². The van der Waals surface area contributed by atoms with Crippen LogP contribution in [0.4, 0.5) is 0 Å². The maximum absolute atomic E-state index is 10.0. The molecular weight excluding hydrogens is 406 g/mol. The highest BCUT2D eigenvalue weighted by atomic mass is 35.5. The maximum Gasteiger partial charge on any atom is 0.119 e. The quantitative estimate of drug-likeness (QED) is 0.413. The minimum atomic E-state index is -0.202. The van der Waals surface area contributed by atoms with Gasteiger partial charge in [-0.2, -0.15) is 0 Å². The number of benzene rings is 2. The van der Waals surface area contributed by atoms with Gasteiger partial charge in [0.05, 0.1) is 7.11 Å². The third-order valence-corrected chi connectivity index (χ3v) is 6.20. The van der Waals surface area contributed by atoms with E-state index in [4.69, 9.17) is 16.3 Å². The first-order valence-corrected chi connectivity index (χ1v) is 11.4. The van der Waals surface area contributed by atoms with Gasteiger partial charge in [0.2, 0.25) is 0 Å². The Labute approximate surface area is 192 Å². The van der Waals surface area contributed by atoms with E-state index in [0.717, 1.165) is 36.6 Å². The Bertz CT molecular complexity index is 1030. The molecule has 0 aliphatic heterocycles. The zero-order valence-electron chi connectivity index (χ0n) is 19.8. The number of ether oxygens (including phenoxy) is 1. The number of aliphatic hydroxyl groups is 1. The number of aliphatic hydroxyl groups excluding tert-OH is 1. The van der Waals surface area contributed by atoms with Gasteiger partial charge in [-0.15, -0.1) is 0 Å². The fraction of sp³-hybridized carbons (Fsp3) is 0.481. The molecule has 0 saturated heterocycles. The van der Waals surface area contributed by atoms with Crippen LogP contribution in [-0.4, -0.2) is 23.4 Å². The smallest absolute Gasteiger partial charge is 0.119 e. The molecule has 0 unspecified atom stereocenters. The Morgan fingerprint density at radius 1 is 1.00 bits per heavy atom. The summed E-state index contributed by atoms with van der Waals surface area (Å²) in [7, 11) is 1.72. The van der Waals surface area contributed by atoms with Crippen molar-refractivity contribution in [2.75, 3.05) is 13.7 Å². The van der Waals surface area contributed by atoms with E-state index in [9.17, 15) is 5.11 Å². The summed E-state index contributed by atoms with van der Waals surface area (Å²) in [5.74, 6) is 0.876. The first-order valence-electron chi connectivity index (χ1n) is 11.1. The van der Waals surface area contributed by atoms with Crippen LogP contribution in [0.25, 0.3) is 10.9 Å². The fourth-order valence-corrected chi connectivity index (χ4v) is 4.15. The molecule has 0 aliphatic rings. The molecule has 0 aliphatic carbocycles. The summed E-state index contributed by atoms with van der Waals surface area (Å²) >= 11 is 6.12. The van der Waals surface area contributed by atoms with E-state index < -0.39 is 0 Å². The molecule has 0 atom stereocenters. The average Bonchev–Trinajstić information content (AvgIpc) is 2.98. The molecule has 168 valence electrons. The maximum atomic E-state index is 10.0. The first-order chi connectivity index (χ1) is 14.5. The second-order valence-electron chi connectivity index (χ2n) is 10.6. The van der Waals surface area contributed by atoms with Gasteiger partial charge in [-0.1, -0.05) is 58.4 Å². The lowest BCUT2D eigenvalue weighted by atomic mass is 9.84. The number of rotatable bonds is 8. The second kappa shape index (κ2) is 9.26. The van der Waals surface area contributed by atoms with Crippen molar-refractivity contribution in [2.24, 2.45) is 10.8 Å². The topological polar surface area (TPSA) is 34.4 Å². The average molecular weight is 442 g/mol. The highest BCUT2D eigenvalue weighted by Gasteiger charge is 2.26. The van der Waals surface area contributed by atoms with Crippen LogP contribution in [0.1, 0.15) is 57.9 Å². The van der Waals surface area contributed by atoms with Gasteiger partial charge in [-0.05, 0) is 71.6 Å². The molecule has 0 fully saturated rings. The highest BCUT2D eigenvalue weighted by Crippen LogP contribution is 2.36. The van der Waals surface area contributed by atoms with Crippen molar-refractivity contribution in [3.8, 4) is 5.75 Å². The van der Waals surface area contributed by atoms with E-state index in [1.165, 1.54) is 27.7 Å². The Balaban J connectivity index is 2.20. The van der Waals surface area contributed by atoms with Crippen LogP contribution in [0, 0.1) is 10.8 Å². The van der Waals surface area contributed by atoms with Crippen LogP contribution >= 0.6 is 11.6 Å². The minimum Gasteiger partial charge on any atom is -0.497 e. The van der Waals surface area contributed by atoms with Gasteiger partial charge in [-0.25, -0.2) is 0 Å². The van der Waals surface area contributed by atoms with Crippen LogP contribution in [0.5, 0.6) is 5.75 Å². The van der Waals surface area contributed by atoms with Gasteiger partial charge in [-0.3, -0.25) is 0 Å². The van der Waals surface area contributed by atoms with Crippen molar-refractivity contribution in [1.29, 1.82) is 0 Å². The molecule has 2 aromatic carbocycles. The van der Waals surface area contributed by atoms with Gasteiger partial charge in [0.25, 0.3) is 0 Å². The third-order valence-electron chi connectivity index (χ3n) is 5.95. The Morgan fingerprint density at radius 3 is 2.26 bits per heavy atom. The number of aryl methyl sites for hydroxylation is 1. The molecule has 0 amide bonds. The minimum absolute atomic E-state index is 0.150. The molecule has 0 radical (unpaired) electrons. The summed E-state index contributed by atoms with van der Waals surface area (Å²) in [6.07, 6.45) is 2.90.